The second kappa shape index (κ2) is 3.05. The van der Waals surface area contributed by atoms with Crippen molar-refractivity contribution in [1.82, 2.24) is 0 Å². The summed E-state index contributed by atoms with van der Waals surface area (Å²) in [6.45, 7) is 3.94. The van der Waals surface area contributed by atoms with Crippen molar-refractivity contribution in [3.8, 4) is 5.75 Å². The maximum Gasteiger partial charge on any atom is 0.152 e. The fourth-order valence-corrected chi connectivity index (χ4v) is 1.15. The van der Waals surface area contributed by atoms with Crippen molar-refractivity contribution in [2.45, 2.75) is 13.8 Å². The van der Waals surface area contributed by atoms with Gasteiger partial charge in [-0.25, -0.2) is 0 Å². The van der Waals surface area contributed by atoms with E-state index in [1.165, 1.54) is 0 Å². The Morgan fingerprint density at radius 2 is 1.92 bits per heavy atom. The molecule has 0 fully saturated rings. The van der Waals surface area contributed by atoms with E-state index < -0.39 is 0 Å². The summed E-state index contributed by atoms with van der Waals surface area (Å²) in [5.74, 6) is 1.74. The van der Waals surface area contributed by atoms with E-state index in [4.69, 9.17) is 4.74 Å². The van der Waals surface area contributed by atoms with Crippen molar-refractivity contribution < 1.29 is 4.74 Å². The molecule has 0 amide bonds. The molecule has 0 unspecified atom stereocenters. The fraction of sp³-hybridized carbons (Fsp3) is 0.182. The van der Waals surface area contributed by atoms with E-state index >= 15 is 0 Å². The van der Waals surface area contributed by atoms with Gasteiger partial charge in [-0.05, 0) is 26.0 Å². The molecule has 0 N–H and O–H groups in total. The quantitative estimate of drug-likeness (QED) is 0.590. The van der Waals surface area contributed by atoms with Crippen LogP contribution in [0.4, 0.5) is 5.69 Å². The third kappa shape index (κ3) is 1.47. The molecule has 0 aliphatic carbocycles. The van der Waals surface area contributed by atoms with Crippen LogP contribution in [-0.2, 0) is 0 Å². The minimum absolute atomic E-state index is 0.827. The number of rotatable bonds is 0. The number of aliphatic imine (C=N–C) groups is 1. The molecule has 0 radical (unpaired) electrons. The first-order valence-corrected chi connectivity index (χ1v) is 4.26. The second-order valence-electron chi connectivity index (χ2n) is 3.07. The second-order valence-corrected chi connectivity index (χ2v) is 3.07. The number of allylic oxidation sites excluding steroid dienone is 2. The van der Waals surface area contributed by atoms with Gasteiger partial charge in [0.2, 0.25) is 0 Å². The Morgan fingerprint density at radius 1 is 1.15 bits per heavy atom. The number of hydrogen-bond acceptors (Lipinski definition) is 2. The number of hydrogen-bond donors (Lipinski definition) is 0. The molecule has 1 aliphatic rings. The van der Waals surface area contributed by atoms with Gasteiger partial charge in [0.15, 0.2) is 5.75 Å². The van der Waals surface area contributed by atoms with E-state index in [1.807, 2.05) is 44.3 Å². The van der Waals surface area contributed by atoms with E-state index in [0.29, 0.717) is 0 Å². The normalized spacial score (nSPS) is 14.9. The number of benzene rings is 1. The Hall–Kier alpha value is -1.57. The van der Waals surface area contributed by atoms with Gasteiger partial charge >= 0.3 is 0 Å². The molecule has 1 heterocycles. The van der Waals surface area contributed by atoms with Crippen molar-refractivity contribution in [3.63, 3.8) is 0 Å². The fourth-order valence-electron chi connectivity index (χ4n) is 1.15. The summed E-state index contributed by atoms with van der Waals surface area (Å²) in [4.78, 5) is 4.31. The van der Waals surface area contributed by atoms with Crippen molar-refractivity contribution >= 4 is 11.9 Å². The highest BCUT2D eigenvalue weighted by molar-refractivity contribution is 5.82. The predicted octanol–water partition coefficient (Wildman–Crippen LogP) is 3.08. The van der Waals surface area contributed by atoms with Crippen LogP contribution < -0.4 is 4.74 Å². The first-order valence-electron chi connectivity index (χ1n) is 4.26. The van der Waals surface area contributed by atoms with Gasteiger partial charge in [0.05, 0.1) is 0 Å². The number of nitrogens with zero attached hydrogens (tertiary/aromatic N) is 1. The molecule has 66 valence electrons. The molecule has 0 bridgehead atoms. The molecule has 1 aromatic rings. The smallest absolute Gasteiger partial charge is 0.152 e. The summed E-state index contributed by atoms with van der Waals surface area (Å²) in [7, 11) is 0. The Balaban J connectivity index is 2.51. The summed E-state index contributed by atoms with van der Waals surface area (Å²) in [6.07, 6.45) is 1.83. The minimum atomic E-state index is 0.827. The van der Waals surface area contributed by atoms with E-state index in [2.05, 4.69) is 4.99 Å². The Kier molecular flexibility index (Phi) is 1.89. The van der Waals surface area contributed by atoms with Crippen molar-refractivity contribution in [2.24, 2.45) is 4.99 Å². The largest absolute Gasteiger partial charge is 0.459 e. The molecule has 2 nitrogen and oxygen atoms in total. The number of para-hydroxylation sites is 2. The summed E-state index contributed by atoms with van der Waals surface area (Å²) in [6, 6.07) is 7.77. The van der Waals surface area contributed by atoms with Crippen LogP contribution >= 0.6 is 0 Å². The molecule has 2 rings (SSSR count). The molecule has 0 saturated heterocycles. The standard InChI is InChI=1S/C11H11NO/c1-8-7-12-10-5-3-4-6-11(10)13-9(8)2/h3-7H,1-2H3. The number of ether oxygens (including phenoxy) is 1. The molecule has 1 aliphatic heterocycles. The Labute approximate surface area is 77.6 Å². The lowest BCUT2D eigenvalue weighted by molar-refractivity contribution is 0.427. The zero-order valence-corrected chi connectivity index (χ0v) is 7.74. The van der Waals surface area contributed by atoms with E-state index in [9.17, 15) is 0 Å². The van der Waals surface area contributed by atoms with Gasteiger partial charge in [-0.1, -0.05) is 12.1 Å². The summed E-state index contributed by atoms with van der Waals surface area (Å²) >= 11 is 0. The lowest BCUT2D eigenvalue weighted by Gasteiger charge is -2.05. The zero-order valence-electron chi connectivity index (χ0n) is 7.74. The monoisotopic (exact) mass is 173 g/mol. The van der Waals surface area contributed by atoms with E-state index in [0.717, 1.165) is 22.8 Å². The molecule has 0 spiro atoms. The average molecular weight is 173 g/mol. The average Bonchev–Trinajstić information content (AvgIpc) is 2.28. The van der Waals surface area contributed by atoms with Crippen LogP contribution in [0, 0.1) is 0 Å². The van der Waals surface area contributed by atoms with Gasteiger partial charge in [0.25, 0.3) is 0 Å². The molecule has 0 saturated carbocycles. The maximum absolute atomic E-state index is 5.62. The topological polar surface area (TPSA) is 21.6 Å². The van der Waals surface area contributed by atoms with Crippen LogP contribution in [0.25, 0.3) is 0 Å². The predicted molar refractivity (Wildman–Crippen MR) is 53.6 cm³/mol. The van der Waals surface area contributed by atoms with Gasteiger partial charge in [0, 0.05) is 11.8 Å². The molecule has 0 atom stereocenters. The van der Waals surface area contributed by atoms with E-state index in [1.54, 1.807) is 0 Å². The summed E-state index contributed by atoms with van der Waals surface area (Å²) in [5, 5.41) is 0. The van der Waals surface area contributed by atoms with Gasteiger partial charge in [-0.15, -0.1) is 0 Å². The zero-order chi connectivity index (χ0) is 9.26. The highest BCUT2D eigenvalue weighted by atomic mass is 16.5. The van der Waals surface area contributed by atoms with Crippen LogP contribution in [0.1, 0.15) is 13.8 Å². The van der Waals surface area contributed by atoms with Crippen LogP contribution in [-0.4, -0.2) is 6.21 Å². The van der Waals surface area contributed by atoms with Crippen molar-refractivity contribution in [1.29, 1.82) is 0 Å². The van der Waals surface area contributed by atoms with Crippen LogP contribution in [0.2, 0.25) is 0 Å². The lowest BCUT2D eigenvalue weighted by atomic mass is 10.3. The van der Waals surface area contributed by atoms with Crippen LogP contribution in [0.15, 0.2) is 40.6 Å². The molecular formula is C11H11NO. The first-order chi connectivity index (χ1) is 6.27. The summed E-state index contributed by atoms with van der Waals surface area (Å²) < 4.78 is 5.62. The van der Waals surface area contributed by atoms with Gasteiger partial charge < -0.3 is 4.74 Å². The van der Waals surface area contributed by atoms with Crippen molar-refractivity contribution in [2.75, 3.05) is 0 Å². The van der Waals surface area contributed by atoms with Crippen LogP contribution in [0.3, 0.4) is 0 Å². The lowest BCUT2D eigenvalue weighted by Crippen LogP contribution is -1.92. The molecule has 1 aromatic carbocycles. The third-order valence-electron chi connectivity index (χ3n) is 2.08. The first kappa shape index (κ1) is 8.05. The Morgan fingerprint density at radius 3 is 2.77 bits per heavy atom. The highest BCUT2D eigenvalue weighted by Crippen LogP contribution is 2.30. The van der Waals surface area contributed by atoms with Crippen LogP contribution in [0.5, 0.6) is 5.75 Å². The van der Waals surface area contributed by atoms with E-state index in [-0.39, 0.29) is 0 Å². The molecule has 0 aromatic heterocycles. The van der Waals surface area contributed by atoms with Crippen molar-refractivity contribution in [3.05, 3.63) is 35.6 Å². The van der Waals surface area contributed by atoms with Gasteiger partial charge in [-0.2, -0.15) is 0 Å². The number of fused-ring (bicyclic) bond motifs is 1. The minimum Gasteiger partial charge on any atom is -0.459 e. The maximum atomic E-state index is 5.62. The highest BCUT2D eigenvalue weighted by Gasteiger charge is 2.07. The Bertz CT molecular complexity index is 391. The van der Waals surface area contributed by atoms with Gasteiger partial charge in [-0.3, -0.25) is 4.99 Å². The third-order valence-corrected chi connectivity index (χ3v) is 2.08. The SMILES string of the molecule is CC1=C(C)Oc2ccccc2N=C1. The molecule has 2 heteroatoms. The molecular weight excluding hydrogens is 162 g/mol. The van der Waals surface area contributed by atoms with Gasteiger partial charge in [0.1, 0.15) is 11.4 Å². The summed E-state index contributed by atoms with van der Waals surface area (Å²) in [5.41, 5.74) is 1.95. The molecule has 13 heavy (non-hydrogen) atoms.